The molecule has 0 aromatic heterocycles. The predicted molar refractivity (Wildman–Crippen MR) is 59.2 cm³/mol. The molecule has 1 aromatic carbocycles. The number of phenolic OH excluding ortho intramolecular Hbond substituents is 1. The van der Waals surface area contributed by atoms with Crippen molar-refractivity contribution in [2.24, 2.45) is 10.9 Å². The Balaban J connectivity index is 2.27. The summed E-state index contributed by atoms with van der Waals surface area (Å²) in [6.07, 6.45) is 0. The second-order valence-corrected chi connectivity index (χ2v) is 4.07. The topological polar surface area (TPSA) is 41.8 Å². The molecule has 0 spiro atoms. The maximum absolute atomic E-state index is 9.63. The Morgan fingerprint density at radius 3 is 2.73 bits per heavy atom. The van der Waals surface area contributed by atoms with Crippen LogP contribution in [0.15, 0.2) is 29.3 Å². The van der Waals surface area contributed by atoms with Gasteiger partial charge in [0.1, 0.15) is 12.4 Å². The second kappa shape index (κ2) is 3.93. The minimum atomic E-state index is 0.208. The highest BCUT2D eigenvalue weighted by molar-refractivity contribution is 5.97. The van der Waals surface area contributed by atoms with E-state index in [2.05, 4.69) is 18.8 Å². The summed E-state index contributed by atoms with van der Waals surface area (Å²) < 4.78 is 5.48. The van der Waals surface area contributed by atoms with Gasteiger partial charge >= 0.3 is 0 Å². The Morgan fingerprint density at radius 2 is 2.13 bits per heavy atom. The molecule has 0 radical (unpaired) electrons. The Morgan fingerprint density at radius 1 is 1.40 bits per heavy atom. The van der Waals surface area contributed by atoms with Gasteiger partial charge in [0.2, 0.25) is 5.90 Å². The van der Waals surface area contributed by atoms with E-state index in [0.29, 0.717) is 24.0 Å². The third-order valence-electron chi connectivity index (χ3n) is 2.58. The molecule has 1 aliphatic heterocycles. The largest absolute Gasteiger partial charge is 0.507 e. The van der Waals surface area contributed by atoms with Crippen LogP contribution in [-0.2, 0) is 4.74 Å². The van der Waals surface area contributed by atoms with E-state index in [0.717, 1.165) is 0 Å². The maximum atomic E-state index is 9.63. The van der Waals surface area contributed by atoms with Crippen molar-refractivity contribution in [2.75, 3.05) is 6.61 Å². The molecule has 15 heavy (non-hydrogen) atoms. The number of nitrogens with zero attached hydrogens (tertiary/aromatic N) is 1. The van der Waals surface area contributed by atoms with Crippen LogP contribution in [0.4, 0.5) is 0 Å². The van der Waals surface area contributed by atoms with Gasteiger partial charge in [-0.05, 0) is 18.1 Å². The van der Waals surface area contributed by atoms with Crippen LogP contribution in [0.3, 0.4) is 0 Å². The lowest BCUT2D eigenvalue weighted by Gasteiger charge is -2.06. The summed E-state index contributed by atoms with van der Waals surface area (Å²) in [6.45, 7) is 4.85. The van der Waals surface area contributed by atoms with Gasteiger partial charge in [-0.3, -0.25) is 0 Å². The van der Waals surface area contributed by atoms with Crippen molar-refractivity contribution in [2.45, 2.75) is 19.9 Å². The average Bonchev–Trinajstić information content (AvgIpc) is 2.67. The van der Waals surface area contributed by atoms with Crippen LogP contribution >= 0.6 is 0 Å². The molecular weight excluding hydrogens is 190 g/mol. The molecule has 1 atom stereocenters. The molecule has 0 aliphatic carbocycles. The summed E-state index contributed by atoms with van der Waals surface area (Å²) in [5, 5.41) is 9.63. The van der Waals surface area contributed by atoms with Gasteiger partial charge < -0.3 is 9.84 Å². The molecule has 1 heterocycles. The molecular formula is C12H15NO2. The first-order valence-electron chi connectivity index (χ1n) is 5.17. The lowest BCUT2D eigenvalue weighted by molar-refractivity contribution is 0.291. The molecule has 0 bridgehead atoms. The number of aromatic hydroxyl groups is 1. The Labute approximate surface area is 89.4 Å². The summed E-state index contributed by atoms with van der Waals surface area (Å²) in [6, 6.07) is 7.32. The van der Waals surface area contributed by atoms with Gasteiger partial charge in [-0.2, -0.15) is 0 Å². The number of aliphatic imine (C=N–C) groups is 1. The number of hydrogen-bond acceptors (Lipinski definition) is 3. The van der Waals surface area contributed by atoms with Gasteiger partial charge in [0.05, 0.1) is 11.6 Å². The van der Waals surface area contributed by atoms with Crippen molar-refractivity contribution in [3.63, 3.8) is 0 Å². The number of para-hydroxylation sites is 1. The zero-order valence-electron chi connectivity index (χ0n) is 8.97. The smallest absolute Gasteiger partial charge is 0.220 e. The Kier molecular flexibility index (Phi) is 2.62. The molecule has 0 unspecified atom stereocenters. The fraction of sp³-hybridized carbons (Fsp3) is 0.417. The van der Waals surface area contributed by atoms with Gasteiger partial charge in [-0.15, -0.1) is 0 Å². The van der Waals surface area contributed by atoms with E-state index in [1.165, 1.54) is 0 Å². The first kappa shape index (κ1) is 10.0. The molecule has 3 nitrogen and oxygen atoms in total. The minimum absolute atomic E-state index is 0.208. The van der Waals surface area contributed by atoms with Crippen molar-refractivity contribution >= 4 is 5.90 Å². The molecule has 2 rings (SSSR count). The van der Waals surface area contributed by atoms with E-state index in [1.807, 2.05) is 12.1 Å². The van der Waals surface area contributed by atoms with Crippen molar-refractivity contribution in [1.29, 1.82) is 0 Å². The van der Waals surface area contributed by atoms with Crippen LogP contribution in [-0.4, -0.2) is 23.7 Å². The van der Waals surface area contributed by atoms with Gasteiger partial charge in [0, 0.05) is 0 Å². The Bertz CT molecular complexity index is 385. The molecule has 1 aromatic rings. The van der Waals surface area contributed by atoms with Crippen LogP contribution in [0, 0.1) is 5.92 Å². The maximum Gasteiger partial charge on any atom is 0.220 e. The van der Waals surface area contributed by atoms with Crippen LogP contribution in [0.1, 0.15) is 19.4 Å². The summed E-state index contributed by atoms with van der Waals surface area (Å²) in [5.74, 6) is 1.25. The summed E-state index contributed by atoms with van der Waals surface area (Å²) >= 11 is 0. The van der Waals surface area contributed by atoms with Gasteiger partial charge in [-0.25, -0.2) is 4.99 Å². The quantitative estimate of drug-likeness (QED) is 0.804. The first-order valence-corrected chi connectivity index (χ1v) is 5.17. The van der Waals surface area contributed by atoms with Crippen LogP contribution in [0.25, 0.3) is 0 Å². The monoisotopic (exact) mass is 205 g/mol. The van der Waals surface area contributed by atoms with Crippen molar-refractivity contribution in [1.82, 2.24) is 0 Å². The number of hydrogen-bond donors (Lipinski definition) is 1. The lowest BCUT2D eigenvalue weighted by Crippen LogP contribution is -2.13. The normalized spacial score (nSPS) is 20.2. The zero-order valence-corrected chi connectivity index (χ0v) is 8.97. The van der Waals surface area contributed by atoms with E-state index in [4.69, 9.17) is 4.74 Å². The minimum Gasteiger partial charge on any atom is -0.507 e. The molecule has 0 saturated heterocycles. The number of phenols is 1. The third kappa shape index (κ3) is 1.96. The number of rotatable bonds is 2. The molecule has 1 aliphatic rings. The summed E-state index contributed by atoms with van der Waals surface area (Å²) in [5.41, 5.74) is 0.681. The highest BCUT2D eigenvalue weighted by atomic mass is 16.5. The average molecular weight is 205 g/mol. The first-order chi connectivity index (χ1) is 7.18. The molecule has 3 heteroatoms. The predicted octanol–water partition coefficient (Wildman–Crippen LogP) is 2.19. The van der Waals surface area contributed by atoms with Gasteiger partial charge in [0.15, 0.2) is 0 Å². The van der Waals surface area contributed by atoms with Crippen LogP contribution in [0.2, 0.25) is 0 Å². The third-order valence-corrected chi connectivity index (χ3v) is 2.58. The van der Waals surface area contributed by atoms with E-state index >= 15 is 0 Å². The van der Waals surface area contributed by atoms with Crippen LogP contribution < -0.4 is 0 Å². The van der Waals surface area contributed by atoms with E-state index in [1.54, 1.807) is 12.1 Å². The summed E-state index contributed by atoms with van der Waals surface area (Å²) in [7, 11) is 0. The van der Waals surface area contributed by atoms with Crippen LogP contribution in [0.5, 0.6) is 5.75 Å². The standard InChI is InChI=1S/C12H15NO2/c1-8(2)10-7-15-12(13-10)9-5-3-4-6-11(9)14/h3-6,8,10,14H,7H2,1-2H3/t10-/m0/s1. The fourth-order valence-electron chi connectivity index (χ4n) is 1.53. The van der Waals surface area contributed by atoms with Gasteiger partial charge in [0.25, 0.3) is 0 Å². The van der Waals surface area contributed by atoms with Crippen molar-refractivity contribution in [3.8, 4) is 5.75 Å². The number of ether oxygens (including phenoxy) is 1. The lowest BCUT2D eigenvalue weighted by atomic mass is 10.1. The van der Waals surface area contributed by atoms with E-state index < -0.39 is 0 Å². The van der Waals surface area contributed by atoms with E-state index in [9.17, 15) is 5.11 Å². The molecule has 1 N–H and O–H groups in total. The highest BCUT2D eigenvalue weighted by Crippen LogP contribution is 2.22. The second-order valence-electron chi connectivity index (χ2n) is 4.07. The molecule has 80 valence electrons. The van der Waals surface area contributed by atoms with Gasteiger partial charge in [-0.1, -0.05) is 26.0 Å². The van der Waals surface area contributed by atoms with Crippen molar-refractivity contribution in [3.05, 3.63) is 29.8 Å². The SMILES string of the molecule is CC(C)[C@@H]1COC(c2ccccc2O)=N1. The molecule has 0 amide bonds. The van der Waals surface area contributed by atoms with E-state index in [-0.39, 0.29) is 11.8 Å². The van der Waals surface area contributed by atoms with Crippen molar-refractivity contribution < 1.29 is 9.84 Å². The highest BCUT2D eigenvalue weighted by Gasteiger charge is 2.23. The molecule has 0 saturated carbocycles. The molecule has 0 fully saturated rings. The Hall–Kier alpha value is -1.51. The number of benzene rings is 1. The zero-order chi connectivity index (χ0) is 10.8. The fourth-order valence-corrected chi connectivity index (χ4v) is 1.53. The summed E-state index contributed by atoms with van der Waals surface area (Å²) in [4.78, 5) is 4.45.